The average Bonchev–Trinajstić information content (AvgIpc) is 2.31. The first-order chi connectivity index (χ1) is 7.77. The van der Waals surface area contributed by atoms with E-state index in [1.54, 1.807) is 30.3 Å². The molecule has 0 heterocycles. The van der Waals surface area contributed by atoms with E-state index >= 15 is 0 Å². The van der Waals surface area contributed by atoms with Gasteiger partial charge in [-0.2, -0.15) is 0 Å². The first-order valence-electron chi connectivity index (χ1n) is 4.82. The fourth-order valence-electron chi connectivity index (χ4n) is 1.35. The van der Waals surface area contributed by atoms with E-state index in [4.69, 9.17) is 9.84 Å². The number of carboxylic acid groups (broad SMARTS) is 1. The third kappa shape index (κ3) is 3.60. The molecule has 0 atom stereocenters. The van der Waals surface area contributed by atoms with Crippen LogP contribution in [0.5, 0.6) is 11.5 Å². The third-order valence-corrected chi connectivity index (χ3v) is 2.09. The summed E-state index contributed by atoms with van der Waals surface area (Å²) in [5.41, 5.74) is 0.159. The zero-order valence-corrected chi connectivity index (χ0v) is 11.5. The predicted octanol–water partition coefficient (Wildman–Crippen LogP) is 0.294. The molecule has 0 aromatic heterocycles. The first-order valence-corrected chi connectivity index (χ1v) is 4.82. The number of aromatic carboxylic acids is 1. The number of hydrogen-bond donors (Lipinski definition) is 1. The fourth-order valence-corrected chi connectivity index (χ4v) is 1.35. The van der Waals surface area contributed by atoms with Crippen molar-refractivity contribution < 1.29 is 45.6 Å². The van der Waals surface area contributed by atoms with Gasteiger partial charge in [-0.05, 0) is 24.3 Å². The van der Waals surface area contributed by atoms with Gasteiger partial charge in [0.15, 0.2) is 0 Å². The Labute approximate surface area is 123 Å². The Bertz CT molecular complexity index is 503. The standard InChI is InChI=1S/C13H10O3.Na.H/c14-13(15)11-8-4-5-9-12(11)16-10-6-2-1-3-7-10;;/h1-9H,(H,14,15);;/q;+1;-1. The molecule has 4 heteroatoms. The zero-order chi connectivity index (χ0) is 11.4. The Morgan fingerprint density at radius 1 is 1.00 bits per heavy atom. The summed E-state index contributed by atoms with van der Waals surface area (Å²) in [6.07, 6.45) is 0. The minimum absolute atomic E-state index is 0. The Morgan fingerprint density at radius 2 is 1.59 bits per heavy atom. The number of rotatable bonds is 3. The van der Waals surface area contributed by atoms with Crippen LogP contribution in [-0.4, -0.2) is 11.1 Å². The summed E-state index contributed by atoms with van der Waals surface area (Å²) in [5.74, 6) is -0.0241. The molecule has 0 aliphatic heterocycles. The van der Waals surface area contributed by atoms with Gasteiger partial charge in [0, 0.05) is 0 Å². The summed E-state index contributed by atoms with van der Waals surface area (Å²) < 4.78 is 5.49. The van der Waals surface area contributed by atoms with E-state index in [0.717, 1.165) is 0 Å². The molecule has 0 fully saturated rings. The van der Waals surface area contributed by atoms with Gasteiger partial charge in [-0.1, -0.05) is 30.3 Å². The van der Waals surface area contributed by atoms with Gasteiger partial charge < -0.3 is 11.3 Å². The van der Waals surface area contributed by atoms with Gasteiger partial charge in [0.2, 0.25) is 0 Å². The second-order valence-corrected chi connectivity index (χ2v) is 3.22. The van der Waals surface area contributed by atoms with Crippen molar-refractivity contribution in [2.75, 3.05) is 0 Å². The summed E-state index contributed by atoms with van der Waals surface area (Å²) in [4.78, 5) is 10.9. The smallest absolute Gasteiger partial charge is 1.00 e. The minimum Gasteiger partial charge on any atom is -1.00 e. The SMILES string of the molecule is O=C(O)c1ccccc1Oc1ccccc1.[H-].[Na+]. The maximum Gasteiger partial charge on any atom is 1.00 e. The molecule has 0 bridgehead atoms. The van der Waals surface area contributed by atoms with Crippen molar-refractivity contribution >= 4 is 5.97 Å². The second-order valence-electron chi connectivity index (χ2n) is 3.22. The Balaban J connectivity index is 0.00000144. The molecule has 2 aromatic rings. The van der Waals surface area contributed by atoms with Gasteiger partial charge in [0.05, 0.1) is 0 Å². The maximum absolute atomic E-state index is 10.9. The van der Waals surface area contributed by atoms with Crippen LogP contribution in [0.2, 0.25) is 0 Å². The summed E-state index contributed by atoms with van der Waals surface area (Å²) >= 11 is 0. The van der Waals surface area contributed by atoms with Crippen LogP contribution < -0.4 is 34.3 Å². The van der Waals surface area contributed by atoms with Gasteiger partial charge in [0.1, 0.15) is 17.1 Å². The summed E-state index contributed by atoms with van der Waals surface area (Å²) in [5, 5.41) is 8.96. The van der Waals surface area contributed by atoms with Crippen LogP contribution in [0.25, 0.3) is 0 Å². The molecular weight excluding hydrogens is 227 g/mol. The van der Waals surface area contributed by atoms with Crippen molar-refractivity contribution in [3.05, 3.63) is 60.2 Å². The van der Waals surface area contributed by atoms with Crippen molar-refractivity contribution in [1.82, 2.24) is 0 Å². The normalized spacial score (nSPS) is 9.18. The molecule has 2 aromatic carbocycles. The van der Waals surface area contributed by atoms with E-state index in [1.165, 1.54) is 6.07 Å². The van der Waals surface area contributed by atoms with Gasteiger partial charge in [-0.3, -0.25) is 0 Å². The fraction of sp³-hybridized carbons (Fsp3) is 0. The third-order valence-electron chi connectivity index (χ3n) is 2.09. The molecular formula is C13H11NaO3. The predicted molar refractivity (Wildman–Crippen MR) is 61.0 cm³/mol. The Kier molecular flexibility index (Phi) is 5.22. The van der Waals surface area contributed by atoms with E-state index in [-0.39, 0.29) is 36.5 Å². The number of carboxylic acids is 1. The van der Waals surface area contributed by atoms with E-state index in [0.29, 0.717) is 11.5 Å². The quantitative estimate of drug-likeness (QED) is 0.782. The molecule has 0 saturated carbocycles. The molecule has 0 aliphatic carbocycles. The minimum atomic E-state index is -0.994. The monoisotopic (exact) mass is 238 g/mol. The number of para-hydroxylation sites is 2. The maximum atomic E-state index is 10.9. The number of benzene rings is 2. The average molecular weight is 238 g/mol. The van der Waals surface area contributed by atoms with Gasteiger partial charge in [0.25, 0.3) is 0 Å². The molecule has 0 radical (unpaired) electrons. The van der Waals surface area contributed by atoms with Gasteiger partial charge >= 0.3 is 35.5 Å². The molecule has 0 saturated heterocycles. The van der Waals surface area contributed by atoms with Crippen LogP contribution in [0.3, 0.4) is 0 Å². The number of carbonyl (C=O) groups is 1. The number of ether oxygens (including phenoxy) is 1. The van der Waals surface area contributed by atoms with E-state index in [9.17, 15) is 4.79 Å². The second kappa shape index (κ2) is 6.45. The van der Waals surface area contributed by atoms with Crippen LogP contribution in [0.15, 0.2) is 54.6 Å². The molecule has 82 valence electrons. The van der Waals surface area contributed by atoms with Crippen LogP contribution in [0.4, 0.5) is 0 Å². The summed E-state index contributed by atoms with van der Waals surface area (Å²) in [6.45, 7) is 0. The van der Waals surface area contributed by atoms with E-state index in [2.05, 4.69) is 0 Å². The summed E-state index contributed by atoms with van der Waals surface area (Å²) in [7, 11) is 0. The summed E-state index contributed by atoms with van der Waals surface area (Å²) in [6, 6.07) is 15.6. The van der Waals surface area contributed by atoms with Crippen molar-refractivity contribution in [3.63, 3.8) is 0 Å². The topological polar surface area (TPSA) is 46.5 Å². The first kappa shape index (κ1) is 13.8. The molecule has 17 heavy (non-hydrogen) atoms. The van der Waals surface area contributed by atoms with Crippen LogP contribution in [-0.2, 0) is 0 Å². The molecule has 1 N–H and O–H groups in total. The molecule has 0 unspecified atom stereocenters. The van der Waals surface area contributed by atoms with Crippen LogP contribution in [0, 0.1) is 0 Å². The van der Waals surface area contributed by atoms with Crippen molar-refractivity contribution in [2.45, 2.75) is 0 Å². The molecule has 0 amide bonds. The molecule has 0 spiro atoms. The Hall–Kier alpha value is -1.29. The van der Waals surface area contributed by atoms with Gasteiger partial charge in [-0.25, -0.2) is 4.79 Å². The van der Waals surface area contributed by atoms with Crippen LogP contribution in [0.1, 0.15) is 11.8 Å². The van der Waals surface area contributed by atoms with Crippen molar-refractivity contribution in [2.24, 2.45) is 0 Å². The van der Waals surface area contributed by atoms with Crippen molar-refractivity contribution in [1.29, 1.82) is 0 Å². The molecule has 2 rings (SSSR count). The molecule has 3 nitrogen and oxygen atoms in total. The van der Waals surface area contributed by atoms with Crippen LogP contribution >= 0.6 is 0 Å². The molecule has 0 aliphatic rings. The van der Waals surface area contributed by atoms with Crippen molar-refractivity contribution in [3.8, 4) is 11.5 Å². The van der Waals surface area contributed by atoms with Gasteiger partial charge in [-0.15, -0.1) is 0 Å². The Morgan fingerprint density at radius 3 is 2.24 bits per heavy atom. The number of hydrogen-bond acceptors (Lipinski definition) is 2. The van der Waals surface area contributed by atoms with E-state index < -0.39 is 5.97 Å². The largest absolute Gasteiger partial charge is 1.00 e. The zero-order valence-electron chi connectivity index (χ0n) is 10.5. The van der Waals surface area contributed by atoms with E-state index in [1.807, 2.05) is 18.2 Å².